The number of nitrogens with one attached hydrogen (secondary N) is 1. The van der Waals surface area contributed by atoms with Gasteiger partial charge in [0, 0.05) is 25.8 Å². The van der Waals surface area contributed by atoms with Crippen molar-refractivity contribution in [2.75, 3.05) is 6.54 Å². The first-order valence-electron chi connectivity index (χ1n) is 25.4. The molecule has 0 unspecified atom stereocenters. The van der Waals surface area contributed by atoms with Gasteiger partial charge in [-0.2, -0.15) is 0 Å². The third kappa shape index (κ3) is 47.0. The van der Waals surface area contributed by atoms with Crippen LogP contribution in [0.5, 0.6) is 0 Å². The van der Waals surface area contributed by atoms with Crippen LogP contribution in [-0.2, 0) is 9.59 Å². The number of rotatable bonds is 47. The van der Waals surface area contributed by atoms with Crippen molar-refractivity contribution in [3.63, 3.8) is 0 Å². The van der Waals surface area contributed by atoms with Crippen LogP contribution in [0, 0.1) is 0 Å². The smallest absolute Gasteiger partial charge is 0.220 e. The van der Waals surface area contributed by atoms with Crippen molar-refractivity contribution in [2.45, 2.75) is 290 Å². The van der Waals surface area contributed by atoms with Gasteiger partial charge in [-0.25, -0.2) is 0 Å². The van der Waals surface area contributed by atoms with Crippen LogP contribution in [0.15, 0.2) is 24.3 Å². The Hall–Kier alpha value is -1.42. The Morgan fingerprint density at radius 2 is 0.732 bits per heavy atom. The van der Waals surface area contributed by atoms with Crippen molar-refractivity contribution in [1.82, 2.24) is 5.32 Å². The number of ketones is 1. The molecule has 0 rings (SSSR count). The number of aliphatic hydroxyl groups excluding tert-OH is 1. The van der Waals surface area contributed by atoms with E-state index in [2.05, 4.69) is 43.5 Å². The van der Waals surface area contributed by atoms with Crippen LogP contribution in [0.4, 0.5) is 0 Å². The molecule has 0 saturated heterocycles. The maximum atomic E-state index is 12.2. The van der Waals surface area contributed by atoms with Gasteiger partial charge in [0.15, 0.2) is 0 Å². The van der Waals surface area contributed by atoms with E-state index in [1.807, 2.05) is 0 Å². The van der Waals surface area contributed by atoms with E-state index in [1.54, 1.807) is 0 Å². The molecular formula is C52H99NO3. The molecule has 2 N–H and O–H groups in total. The third-order valence-electron chi connectivity index (χ3n) is 11.7. The molecule has 0 aromatic carbocycles. The van der Waals surface area contributed by atoms with Crippen molar-refractivity contribution in [3.05, 3.63) is 24.3 Å². The van der Waals surface area contributed by atoms with E-state index in [-0.39, 0.29) is 5.91 Å². The van der Waals surface area contributed by atoms with Gasteiger partial charge in [0.2, 0.25) is 5.91 Å². The van der Waals surface area contributed by atoms with Crippen LogP contribution < -0.4 is 5.32 Å². The summed E-state index contributed by atoms with van der Waals surface area (Å²) in [5.41, 5.74) is 0. The highest BCUT2D eigenvalue weighted by atomic mass is 16.3. The molecule has 0 aliphatic rings. The summed E-state index contributed by atoms with van der Waals surface area (Å²) in [6.07, 6.45) is 60.5. The molecule has 0 heterocycles. The maximum absolute atomic E-state index is 12.2. The van der Waals surface area contributed by atoms with E-state index in [0.717, 1.165) is 57.8 Å². The largest absolute Gasteiger partial charge is 0.391 e. The molecule has 56 heavy (non-hydrogen) atoms. The summed E-state index contributed by atoms with van der Waals surface area (Å²) in [6, 6.07) is 0. The summed E-state index contributed by atoms with van der Waals surface area (Å²) >= 11 is 0. The number of amides is 1. The van der Waals surface area contributed by atoms with E-state index < -0.39 is 6.10 Å². The standard InChI is InChI=1S/C52H99NO3/c1-3-5-7-9-11-13-15-17-19-22-25-29-33-37-41-45-50(54)46-42-38-34-30-26-23-20-24-28-32-36-40-44-48-52(56)53-49-51(55)47-43-39-35-31-27-21-18-16-14-12-10-8-6-4-2/h11,13,17,19,51,55H,3-10,12,14-16,18,20-49H2,1-2H3,(H,53,56)/t51-/m1/s1. The normalized spacial score (nSPS) is 12.3. The molecule has 0 saturated carbocycles. The van der Waals surface area contributed by atoms with Crippen molar-refractivity contribution in [3.8, 4) is 0 Å². The fourth-order valence-corrected chi connectivity index (χ4v) is 7.81. The van der Waals surface area contributed by atoms with Gasteiger partial charge < -0.3 is 10.4 Å². The Bertz CT molecular complexity index is 851. The SMILES string of the molecule is CCCCCC=CCC=CCCCCCCCC(=O)CCCCCCCCCCCCCCCC(=O)NC[C@H](O)CCCCCCCCCCCCCCCC. The lowest BCUT2D eigenvalue weighted by Crippen LogP contribution is -2.31. The first-order valence-corrected chi connectivity index (χ1v) is 25.4. The maximum Gasteiger partial charge on any atom is 0.220 e. The fraction of sp³-hybridized carbons (Fsp3) is 0.885. The number of Topliss-reactive ketones (excluding diaryl/α,β-unsaturated/α-hetero) is 1. The molecule has 4 heteroatoms. The Morgan fingerprint density at radius 3 is 1.16 bits per heavy atom. The number of hydrogen-bond acceptors (Lipinski definition) is 3. The lowest BCUT2D eigenvalue weighted by molar-refractivity contribution is -0.121. The molecular weight excluding hydrogens is 687 g/mol. The third-order valence-corrected chi connectivity index (χ3v) is 11.7. The van der Waals surface area contributed by atoms with E-state index in [1.165, 1.54) is 205 Å². The molecule has 0 aromatic heterocycles. The molecule has 0 spiro atoms. The average molecular weight is 786 g/mol. The predicted octanol–water partition coefficient (Wildman–Crippen LogP) is 16.6. The average Bonchev–Trinajstić information content (AvgIpc) is 3.20. The first kappa shape index (κ1) is 54.6. The van der Waals surface area contributed by atoms with Crippen LogP contribution in [-0.4, -0.2) is 29.4 Å². The summed E-state index contributed by atoms with van der Waals surface area (Å²) < 4.78 is 0. The minimum absolute atomic E-state index is 0.101. The molecule has 0 fully saturated rings. The number of allylic oxidation sites excluding steroid dienone is 4. The van der Waals surface area contributed by atoms with Gasteiger partial charge in [0.05, 0.1) is 6.10 Å². The van der Waals surface area contributed by atoms with Gasteiger partial charge in [-0.3, -0.25) is 9.59 Å². The molecule has 0 aliphatic carbocycles. The van der Waals surface area contributed by atoms with Gasteiger partial charge in [0.25, 0.3) is 0 Å². The number of carbonyl (C=O) groups is 2. The summed E-state index contributed by atoms with van der Waals surface area (Å²) in [5.74, 6) is 0.587. The minimum Gasteiger partial charge on any atom is -0.391 e. The summed E-state index contributed by atoms with van der Waals surface area (Å²) in [7, 11) is 0. The number of aliphatic hydroxyl groups is 1. The van der Waals surface area contributed by atoms with Gasteiger partial charge in [-0.05, 0) is 57.8 Å². The van der Waals surface area contributed by atoms with Gasteiger partial charge in [0.1, 0.15) is 5.78 Å². The van der Waals surface area contributed by atoms with Gasteiger partial charge in [-0.15, -0.1) is 0 Å². The molecule has 0 aromatic rings. The molecule has 1 atom stereocenters. The zero-order valence-electron chi connectivity index (χ0n) is 38.1. The summed E-state index contributed by atoms with van der Waals surface area (Å²) in [5, 5.41) is 13.2. The van der Waals surface area contributed by atoms with Gasteiger partial charge in [-0.1, -0.05) is 231 Å². The Labute approximate surface area is 351 Å². The Kier molecular flexibility index (Phi) is 46.7. The second-order valence-corrected chi connectivity index (χ2v) is 17.5. The lowest BCUT2D eigenvalue weighted by Gasteiger charge is -2.12. The quantitative estimate of drug-likeness (QED) is 0.0477. The van der Waals surface area contributed by atoms with Crippen molar-refractivity contribution < 1.29 is 14.7 Å². The monoisotopic (exact) mass is 786 g/mol. The minimum atomic E-state index is -0.400. The molecule has 0 aliphatic heterocycles. The van der Waals surface area contributed by atoms with E-state index in [9.17, 15) is 14.7 Å². The highest BCUT2D eigenvalue weighted by Crippen LogP contribution is 2.16. The second kappa shape index (κ2) is 48.0. The van der Waals surface area contributed by atoms with Crippen LogP contribution >= 0.6 is 0 Å². The molecule has 0 bridgehead atoms. The molecule has 1 amide bonds. The zero-order chi connectivity index (χ0) is 40.7. The predicted molar refractivity (Wildman–Crippen MR) is 248 cm³/mol. The van der Waals surface area contributed by atoms with Crippen molar-refractivity contribution in [2.24, 2.45) is 0 Å². The zero-order valence-corrected chi connectivity index (χ0v) is 38.1. The molecule has 330 valence electrons. The Balaban J connectivity index is 3.32. The van der Waals surface area contributed by atoms with E-state index in [4.69, 9.17) is 0 Å². The number of unbranched alkanes of at least 4 members (excludes halogenated alkanes) is 33. The van der Waals surface area contributed by atoms with E-state index >= 15 is 0 Å². The fourth-order valence-electron chi connectivity index (χ4n) is 7.81. The summed E-state index contributed by atoms with van der Waals surface area (Å²) in [6.45, 7) is 4.95. The molecule has 0 radical (unpaired) electrons. The van der Waals surface area contributed by atoms with Crippen LogP contribution in [0.1, 0.15) is 284 Å². The van der Waals surface area contributed by atoms with Crippen LogP contribution in [0.25, 0.3) is 0 Å². The lowest BCUT2D eigenvalue weighted by atomic mass is 10.0. The van der Waals surface area contributed by atoms with Crippen molar-refractivity contribution in [1.29, 1.82) is 0 Å². The first-order chi connectivity index (χ1) is 27.6. The summed E-state index contributed by atoms with van der Waals surface area (Å²) in [4.78, 5) is 24.4. The topological polar surface area (TPSA) is 66.4 Å². The highest BCUT2D eigenvalue weighted by Gasteiger charge is 2.07. The molecule has 4 nitrogen and oxygen atoms in total. The second-order valence-electron chi connectivity index (χ2n) is 17.5. The van der Waals surface area contributed by atoms with Crippen LogP contribution in [0.2, 0.25) is 0 Å². The number of hydrogen-bond donors (Lipinski definition) is 2. The highest BCUT2D eigenvalue weighted by molar-refractivity contribution is 5.78. The van der Waals surface area contributed by atoms with Crippen LogP contribution in [0.3, 0.4) is 0 Å². The van der Waals surface area contributed by atoms with Gasteiger partial charge >= 0.3 is 0 Å². The van der Waals surface area contributed by atoms with Crippen molar-refractivity contribution >= 4 is 11.7 Å². The van der Waals surface area contributed by atoms with E-state index in [0.29, 0.717) is 18.7 Å². The number of carbonyl (C=O) groups excluding carboxylic acids is 2. The Morgan fingerprint density at radius 1 is 0.411 bits per heavy atom.